The first-order valence-corrected chi connectivity index (χ1v) is 8.13. The van der Waals surface area contributed by atoms with Crippen LogP contribution >= 0.6 is 22.6 Å². The molecule has 1 aromatic heterocycles. The van der Waals surface area contributed by atoms with E-state index in [2.05, 4.69) is 43.6 Å². The van der Waals surface area contributed by atoms with Gasteiger partial charge in [0, 0.05) is 16.8 Å². The summed E-state index contributed by atoms with van der Waals surface area (Å²) in [4.78, 5) is 35.1. The average molecular weight is 441 g/mol. The Morgan fingerprint density at radius 3 is 2.67 bits per heavy atom. The van der Waals surface area contributed by atoms with E-state index in [-0.39, 0.29) is 30.8 Å². The van der Waals surface area contributed by atoms with Crippen molar-refractivity contribution in [2.24, 2.45) is 0 Å². The van der Waals surface area contributed by atoms with E-state index in [4.69, 9.17) is 0 Å². The molecule has 0 fully saturated rings. The molecular weight excluding hydrogens is 425 g/mol. The first-order valence-electron chi connectivity index (χ1n) is 7.05. The minimum Gasteiger partial charge on any atom is -0.358 e. The van der Waals surface area contributed by atoms with E-state index < -0.39 is 0 Å². The van der Waals surface area contributed by atoms with Crippen molar-refractivity contribution < 1.29 is 14.4 Å². The largest absolute Gasteiger partial charge is 0.358 e. The Morgan fingerprint density at radius 1 is 1.21 bits per heavy atom. The van der Waals surface area contributed by atoms with Crippen molar-refractivity contribution in [2.75, 3.05) is 18.9 Å². The standard InChI is InChI=1S/C15H16IN5O3/c1-17-14(23)9-21-8-10(6-19-21)20-13(22)7-18-15(24)11-4-2-3-5-12(11)16/h2-6,8H,7,9H2,1H3,(H,17,23)(H,18,24)(H,20,22). The Kier molecular flexibility index (Phi) is 6.29. The molecular formula is C15H16IN5O3. The van der Waals surface area contributed by atoms with Gasteiger partial charge in [0.15, 0.2) is 0 Å². The zero-order valence-corrected chi connectivity index (χ0v) is 15.0. The van der Waals surface area contributed by atoms with Crippen LogP contribution in [0.1, 0.15) is 10.4 Å². The van der Waals surface area contributed by atoms with Crippen LogP contribution in [0.15, 0.2) is 36.7 Å². The van der Waals surface area contributed by atoms with Crippen molar-refractivity contribution in [3.8, 4) is 0 Å². The molecule has 1 aromatic carbocycles. The molecule has 0 radical (unpaired) electrons. The number of aromatic nitrogens is 2. The fourth-order valence-electron chi connectivity index (χ4n) is 1.85. The third-order valence-corrected chi connectivity index (χ3v) is 3.97. The lowest BCUT2D eigenvalue weighted by atomic mass is 10.2. The van der Waals surface area contributed by atoms with Gasteiger partial charge in [0.05, 0.1) is 24.0 Å². The Bertz CT molecular complexity index is 759. The van der Waals surface area contributed by atoms with Crippen molar-refractivity contribution in [2.45, 2.75) is 6.54 Å². The normalized spacial score (nSPS) is 10.1. The highest BCUT2D eigenvalue weighted by Gasteiger charge is 2.11. The summed E-state index contributed by atoms with van der Waals surface area (Å²) in [7, 11) is 1.53. The van der Waals surface area contributed by atoms with Crippen molar-refractivity contribution in [1.29, 1.82) is 0 Å². The van der Waals surface area contributed by atoms with Gasteiger partial charge in [-0.15, -0.1) is 0 Å². The van der Waals surface area contributed by atoms with E-state index in [1.165, 1.54) is 24.1 Å². The third-order valence-electron chi connectivity index (χ3n) is 3.03. The molecule has 2 rings (SSSR count). The predicted molar refractivity (Wildman–Crippen MR) is 96.4 cm³/mol. The Balaban J connectivity index is 1.84. The molecule has 2 aromatic rings. The number of carbonyl (C=O) groups excluding carboxylic acids is 3. The first kappa shape index (κ1) is 17.9. The average Bonchev–Trinajstić information content (AvgIpc) is 2.99. The highest BCUT2D eigenvalue weighted by molar-refractivity contribution is 14.1. The number of nitrogens with one attached hydrogen (secondary N) is 3. The monoisotopic (exact) mass is 441 g/mol. The van der Waals surface area contributed by atoms with Crippen LogP contribution in [0, 0.1) is 3.57 Å². The van der Waals surface area contributed by atoms with Gasteiger partial charge < -0.3 is 16.0 Å². The third kappa shape index (κ3) is 5.05. The van der Waals surface area contributed by atoms with Crippen LogP contribution in [-0.2, 0) is 16.1 Å². The van der Waals surface area contributed by atoms with E-state index in [0.29, 0.717) is 11.3 Å². The van der Waals surface area contributed by atoms with Crippen molar-refractivity contribution in [3.05, 3.63) is 45.8 Å². The van der Waals surface area contributed by atoms with E-state index in [1.807, 2.05) is 12.1 Å². The van der Waals surface area contributed by atoms with Gasteiger partial charge in [0.25, 0.3) is 5.91 Å². The van der Waals surface area contributed by atoms with Gasteiger partial charge in [-0.1, -0.05) is 12.1 Å². The van der Waals surface area contributed by atoms with Crippen LogP contribution in [0.2, 0.25) is 0 Å². The molecule has 0 saturated carbocycles. The topological polar surface area (TPSA) is 105 Å². The lowest BCUT2D eigenvalue weighted by Crippen LogP contribution is -2.33. The SMILES string of the molecule is CNC(=O)Cn1cc(NC(=O)CNC(=O)c2ccccc2I)cn1. The second-order valence-corrected chi connectivity index (χ2v) is 5.97. The van der Waals surface area contributed by atoms with Crippen LogP contribution in [-0.4, -0.2) is 41.1 Å². The molecule has 8 nitrogen and oxygen atoms in total. The number of benzene rings is 1. The van der Waals surface area contributed by atoms with Crippen molar-refractivity contribution in [1.82, 2.24) is 20.4 Å². The molecule has 3 N–H and O–H groups in total. The van der Waals surface area contributed by atoms with Crippen LogP contribution < -0.4 is 16.0 Å². The Morgan fingerprint density at radius 2 is 1.96 bits per heavy atom. The van der Waals surface area contributed by atoms with Crippen LogP contribution in [0.3, 0.4) is 0 Å². The smallest absolute Gasteiger partial charge is 0.252 e. The van der Waals surface area contributed by atoms with Gasteiger partial charge in [0.1, 0.15) is 6.54 Å². The molecule has 0 unspecified atom stereocenters. The maximum atomic E-state index is 12.0. The summed E-state index contributed by atoms with van der Waals surface area (Å²) in [6, 6.07) is 7.11. The molecule has 126 valence electrons. The van der Waals surface area contributed by atoms with E-state index in [0.717, 1.165) is 3.57 Å². The molecule has 0 aliphatic rings. The first-order chi connectivity index (χ1) is 11.5. The number of nitrogens with zero attached hydrogens (tertiary/aromatic N) is 2. The summed E-state index contributed by atoms with van der Waals surface area (Å²) in [5, 5.41) is 11.6. The summed E-state index contributed by atoms with van der Waals surface area (Å²) in [6.07, 6.45) is 2.97. The molecule has 0 aliphatic carbocycles. The molecule has 1 heterocycles. The number of likely N-dealkylation sites (N-methyl/N-ethyl adjacent to an activating group) is 1. The fraction of sp³-hybridized carbons (Fsp3) is 0.200. The maximum Gasteiger partial charge on any atom is 0.252 e. The molecule has 0 atom stereocenters. The highest BCUT2D eigenvalue weighted by Crippen LogP contribution is 2.11. The quantitative estimate of drug-likeness (QED) is 0.572. The Hall–Kier alpha value is -2.43. The van der Waals surface area contributed by atoms with Gasteiger partial charge in [-0.2, -0.15) is 5.10 Å². The number of hydrogen-bond acceptors (Lipinski definition) is 4. The van der Waals surface area contributed by atoms with Crippen molar-refractivity contribution >= 4 is 46.0 Å². The zero-order chi connectivity index (χ0) is 17.5. The second kappa shape index (κ2) is 8.43. The lowest BCUT2D eigenvalue weighted by Gasteiger charge is -2.06. The molecule has 0 spiro atoms. The summed E-state index contributed by atoms with van der Waals surface area (Å²) in [5.41, 5.74) is 0.969. The Labute approximate surface area is 152 Å². The van der Waals surface area contributed by atoms with E-state index >= 15 is 0 Å². The summed E-state index contributed by atoms with van der Waals surface area (Å²) in [6.45, 7) is -0.0972. The zero-order valence-electron chi connectivity index (χ0n) is 12.9. The van der Waals surface area contributed by atoms with Crippen LogP contribution in [0.5, 0.6) is 0 Å². The van der Waals surface area contributed by atoms with Crippen LogP contribution in [0.25, 0.3) is 0 Å². The number of halogens is 1. The number of anilines is 1. The molecule has 24 heavy (non-hydrogen) atoms. The molecule has 9 heteroatoms. The molecule has 0 saturated heterocycles. The number of rotatable bonds is 6. The minimum absolute atomic E-state index is 0.0650. The molecule has 3 amide bonds. The van der Waals surface area contributed by atoms with Gasteiger partial charge in [-0.25, -0.2) is 0 Å². The van der Waals surface area contributed by atoms with Gasteiger partial charge >= 0.3 is 0 Å². The van der Waals surface area contributed by atoms with E-state index in [1.54, 1.807) is 12.1 Å². The predicted octanol–water partition coefficient (Wildman–Crippen LogP) is 0.602. The lowest BCUT2D eigenvalue weighted by molar-refractivity contribution is -0.121. The maximum absolute atomic E-state index is 12.0. The van der Waals surface area contributed by atoms with E-state index in [9.17, 15) is 14.4 Å². The number of hydrogen-bond donors (Lipinski definition) is 3. The molecule has 0 bridgehead atoms. The van der Waals surface area contributed by atoms with Gasteiger partial charge in [-0.05, 0) is 34.7 Å². The summed E-state index contributed by atoms with van der Waals surface area (Å²) in [5.74, 6) is -0.889. The fourth-order valence-corrected chi connectivity index (χ4v) is 2.48. The highest BCUT2D eigenvalue weighted by atomic mass is 127. The molecule has 0 aliphatic heterocycles. The van der Waals surface area contributed by atoms with Gasteiger partial charge in [0.2, 0.25) is 11.8 Å². The van der Waals surface area contributed by atoms with Crippen molar-refractivity contribution in [3.63, 3.8) is 0 Å². The number of carbonyl (C=O) groups is 3. The van der Waals surface area contributed by atoms with Crippen LogP contribution in [0.4, 0.5) is 5.69 Å². The van der Waals surface area contributed by atoms with Gasteiger partial charge in [-0.3, -0.25) is 19.1 Å². The summed E-state index contributed by atoms with van der Waals surface area (Å²) < 4.78 is 2.21. The minimum atomic E-state index is -0.381. The second-order valence-electron chi connectivity index (χ2n) is 4.81. The summed E-state index contributed by atoms with van der Waals surface area (Å²) >= 11 is 2.06. The number of amides is 3.